The van der Waals surface area contributed by atoms with E-state index in [0.717, 1.165) is 12.0 Å². The fourth-order valence-corrected chi connectivity index (χ4v) is 11.1. The van der Waals surface area contributed by atoms with Crippen molar-refractivity contribution in [2.24, 2.45) is 33.7 Å². The number of thioether (sulfide) groups is 1. The summed E-state index contributed by atoms with van der Waals surface area (Å²) in [5, 5.41) is 36.8. The van der Waals surface area contributed by atoms with Gasteiger partial charge in [0.1, 0.15) is 12.2 Å². The molecule has 4 N–H and O–H groups in total. The Labute approximate surface area is 293 Å². The number of imide groups is 1. The number of halogens is 1. The molecule has 9 atom stereocenters. The Morgan fingerprint density at radius 2 is 1.90 bits per heavy atom. The van der Waals surface area contributed by atoms with E-state index in [2.05, 4.69) is 31.3 Å². The number of aliphatic hydroxyl groups excluding tert-OH is 2. The first-order valence-corrected chi connectivity index (χ1v) is 18.8. The second-order valence-electron chi connectivity index (χ2n) is 16.0. The van der Waals surface area contributed by atoms with Gasteiger partial charge in [0.15, 0.2) is 11.5 Å². The van der Waals surface area contributed by atoms with Crippen LogP contribution < -0.4 is 5.43 Å². The van der Waals surface area contributed by atoms with Crippen LogP contribution in [0.3, 0.4) is 0 Å². The van der Waals surface area contributed by atoms with Crippen LogP contribution in [0.2, 0.25) is 0 Å². The van der Waals surface area contributed by atoms with Gasteiger partial charge in [-0.3, -0.25) is 24.1 Å². The van der Waals surface area contributed by atoms with Gasteiger partial charge < -0.3 is 15.3 Å². The monoisotopic (exact) mass is 703 g/mol. The zero-order valence-corrected chi connectivity index (χ0v) is 30.6. The number of fused-ring (bicyclic) bond motifs is 5. The Bertz CT molecular complexity index is 1460. The Balaban J connectivity index is 1.15. The van der Waals surface area contributed by atoms with Crippen LogP contribution in [0.4, 0.5) is 4.39 Å². The molecule has 3 saturated carbocycles. The maximum atomic E-state index is 17.6. The molecule has 1 unspecified atom stereocenters. The lowest BCUT2D eigenvalue weighted by Crippen LogP contribution is -2.69. The number of hydrazone groups is 1. The third-order valence-corrected chi connectivity index (χ3v) is 14.5. The van der Waals surface area contributed by atoms with Crippen molar-refractivity contribution in [3.05, 3.63) is 23.8 Å². The van der Waals surface area contributed by atoms with E-state index < -0.39 is 52.4 Å². The number of ketones is 1. The van der Waals surface area contributed by atoms with Gasteiger partial charge >= 0.3 is 0 Å². The number of alkyl halides is 1. The minimum absolute atomic E-state index is 0.0686. The maximum Gasteiger partial charge on any atom is 0.242 e. The van der Waals surface area contributed by atoms with Crippen LogP contribution in [0.5, 0.6) is 0 Å². The number of aliphatic hydroxyl groups is 3. The summed E-state index contributed by atoms with van der Waals surface area (Å²) in [6.07, 6.45) is 8.22. The maximum absolute atomic E-state index is 17.6. The normalized spacial score (nSPS) is 39.5. The van der Waals surface area contributed by atoms with Crippen LogP contribution in [0.15, 0.2) is 28.9 Å². The minimum atomic E-state index is -2.05. The van der Waals surface area contributed by atoms with E-state index >= 15 is 4.39 Å². The average molecular weight is 704 g/mol. The summed E-state index contributed by atoms with van der Waals surface area (Å²) in [4.78, 5) is 52.0. The molecule has 0 aromatic carbocycles. The molecule has 1 heterocycles. The molecule has 272 valence electrons. The van der Waals surface area contributed by atoms with Gasteiger partial charge in [-0.15, -0.1) is 11.8 Å². The molecule has 10 nitrogen and oxygen atoms in total. The molecule has 0 aromatic rings. The van der Waals surface area contributed by atoms with Gasteiger partial charge in [-0.2, -0.15) is 5.10 Å². The Morgan fingerprint density at radius 3 is 2.57 bits per heavy atom. The number of likely N-dealkylation sites (tertiary alicyclic amines) is 1. The van der Waals surface area contributed by atoms with E-state index in [0.29, 0.717) is 50.8 Å². The number of amides is 3. The Kier molecular flexibility index (Phi) is 10.5. The highest BCUT2D eigenvalue weighted by Crippen LogP contribution is 2.70. The molecule has 0 aromatic heterocycles. The fraction of sp³-hybridized carbons (Fsp3) is 0.757. The topological polar surface area (TPSA) is 157 Å². The summed E-state index contributed by atoms with van der Waals surface area (Å²) in [5.41, 5.74) is -2.28. The average Bonchev–Trinajstić information content (AvgIpc) is 3.42. The van der Waals surface area contributed by atoms with Crippen LogP contribution in [-0.4, -0.2) is 90.0 Å². The number of Topliss-reactive ketones (excluding diaryl/α,β-unsaturated/α-hetero) is 1. The number of rotatable bonds is 12. The molecule has 5 aliphatic rings. The van der Waals surface area contributed by atoms with E-state index in [1.807, 2.05) is 0 Å². The van der Waals surface area contributed by atoms with Gasteiger partial charge in [-0.1, -0.05) is 52.7 Å². The highest BCUT2D eigenvalue weighted by Gasteiger charge is 2.75. The lowest BCUT2D eigenvalue weighted by molar-refractivity contribution is -0.219. The van der Waals surface area contributed by atoms with Crippen molar-refractivity contribution in [1.82, 2.24) is 10.3 Å². The molecule has 0 bridgehead atoms. The first-order chi connectivity index (χ1) is 22.9. The molecule has 3 amide bonds. The smallest absolute Gasteiger partial charge is 0.242 e. The number of unbranched alkanes of at least 4 members (excludes halogenated alkanes) is 2. The molecule has 4 aliphatic carbocycles. The molecule has 5 rings (SSSR count). The predicted molar refractivity (Wildman–Crippen MR) is 186 cm³/mol. The summed E-state index contributed by atoms with van der Waals surface area (Å²) in [6, 6.07) is 0. The standard InChI is InChI=1S/C37H54FN3O7S/c1-7-33(3,4)49-27-19-31(46)41(32(27)47)16-10-8-9-11-30(45)40-39-24-14-15-34(5)23(18-24)12-13-25-26-17-22(2)37(48,29(44)21-42)35(26,6)20-28(43)36(25,34)38/h14-15,18,22,25-28,42-43,48H,7-13,16-17,19-21H2,1-6H3,(H,40,45)/b39-24-/t22-,25+,26+,27?,28+,34+,35+,36+,37+/m1/s1. The first kappa shape index (κ1) is 37.8. The summed E-state index contributed by atoms with van der Waals surface area (Å²) < 4.78 is 17.5. The molecule has 1 saturated heterocycles. The zero-order valence-electron chi connectivity index (χ0n) is 29.8. The van der Waals surface area contributed by atoms with Gasteiger partial charge in [0, 0.05) is 40.9 Å². The zero-order chi connectivity index (χ0) is 36.2. The fourth-order valence-electron chi connectivity index (χ4n) is 9.70. The molecule has 0 radical (unpaired) electrons. The van der Waals surface area contributed by atoms with Crippen LogP contribution in [0.1, 0.15) is 106 Å². The van der Waals surface area contributed by atoms with Gasteiger partial charge in [0.25, 0.3) is 0 Å². The number of allylic oxidation sites excluding steroid dienone is 4. The van der Waals surface area contributed by atoms with E-state index in [-0.39, 0.29) is 52.9 Å². The van der Waals surface area contributed by atoms with Crippen molar-refractivity contribution < 1.29 is 38.9 Å². The van der Waals surface area contributed by atoms with Gasteiger partial charge in [-0.25, -0.2) is 9.82 Å². The van der Waals surface area contributed by atoms with Crippen LogP contribution in [-0.2, 0) is 19.2 Å². The number of nitrogens with zero attached hydrogens (tertiary/aromatic N) is 2. The molecule has 1 aliphatic heterocycles. The van der Waals surface area contributed by atoms with Crippen LogP contribution in [0, 0.1) is 28.6 Å². The van der Waals surface area contributed by atoms with Crippen molar-refractivity contribution in [3.63, 3.8) is 0 Å². The largest absolute Gasteiger partial charge is 0.390 e. The molecule has 49 heavy (non-hydrogen) atoms. The first-order valence-electron chi connectivity index (χ1n) is 17.9. The number of nitrogens with one attached hydrogen (secondary N) is 1. The number of carbonyl (C=O) groups excluding carboxylic acids is 4. The molecular weight excluding hydrogens is 649 g/mol. The number of hydrogen-bond donors (Lipinski definition) is 4. The van der Waals surface area contributed by atoms with Gasteiger partial charge in [0.2, 0.25) is 17.7 Å². The highest BCUT2D eigenvalue weighted by atomic mass is 32.2. The minimum Gasteiger partial charge on any atom is -0.390 e. The third-order valence-electron chi connectivity index (χ3n) is 12.9. The van der Waals surface area contributed by atoms with Crippen molar-refractivity contribution in [1.29, 1.82) is 0 Å². The predicted octanol–water partition coefficient (Wildman–Crippen LogP) is 4.41. The van der Waals surface area contributed by atoms with Crippen LogP contribution in [0.25, 0.3) is 0 Å². The summed E-state index contributed by atoms with van der Waals surface area (Å²) in [7, 11) is 0. The lowest BCUT2D eigenvalue weighted by Gasteiger charge is -2.62. The SMILES string of the molecule is CCC(C)(C)SC1CC(=O)N(CCCCCC(=O)N/N=C2/C=C[C@@]3(C)C(=C2)CC[C@H]2[C@@H]4C[C@@H](C)[C@](O)(C(=O)CO)[C@@]4(C)C[C@H](O)[C@@]23F)C1=O. The van der Waals surface area contributed by atoms with Crippen molar-refractivity contribution >= 4 is 41.0 Å². The van der Waals surface area contributed by atoms with E-state index in [4.69, 9.17) is 0 Å². The summed E-state index contributed by atoms with van der Waals surface area (Å²) in [5.74, 6) is -2.65. The summed E-state index contributed by atoms with van der Waals surface area (Å²) in [6.45, 7) is 11.1. The Morgan fingerprint density at radius 1 is 1.18 bits per heavy atom. The molecule has 4 fully saturated rings. The summed E-state index contributed by atoms with van der Waals surface area (Å²) >= 11 is 1.56. The quantitative estimate of drug-likeness (QED) is 0.132. The van der Waals surface area contributed by atoms with E-state index in [1.54, 1.807) is 50.8 Å². The number of hydrogen-bond acceptors (Lipinski definition) is 9. The van der Waals surface area contributed by atoms with Gasteiger partial charge in [-0.05, 0) is 75.9 Å². The molecule has 12 heteroatoms. The number of carbonyl (C=O) groups is 4. The van der Waals surface area contributed by atoms with Gasteiger partial charge in [0.05, 0.1) is 17.1 Å². The Hall–Kier alpha value is -2.41. The molecular formula is C37H54FN3O7S. The third kappa shape index (κ3) is 6.16. The lowest BCUT2D eigenvalue weighted by atomic mass is 9.44. The highest BCUT2D eigenvalue weighted by molar-refractivity contribution is 8.02. The second kappa shape index (κ2) is 13.6. The van der Waals surface area contributed by atoms with E-state index in [1.165, 1.54) is 4.90 Å². The van der Waals surface area contributed by atoms with Crippen LogP contribution >= 0.6 is 11.8 Å². The van der Waals surface area contributed by atoms with Crippen molar-refractivity contribution in [3.8, 4) is 0 Å². The second-order valence-corrected chi connectivity index (χ2v) is 17.9. The van der Waals surface area contributed by atoms with E-state index in [9.17, 15) is 34.5 Å². The molecule has 0 spiro atoms. The van der Waals surface area contributed by atoms with Crippen molar-refractivity contribution in [2.75, 3.05) is 13.2 Å². The van der Waals surface area contributed by atoms with Crippen molar-refractivity contribution in [2.45, 2.75) is 133 Å².